The minimum atomic E-state index is -3.08. The summed E-state index contributed by atoms with van der Waals surface area (Å²) < 4.78 is 26.5. The zero-order valence-corrected chi connectivity index (χ0v) is 16.7. The predicted octanol–water partition coefficient (Wildman–Crippen LogP) is -1.10. The lowest BCUT2D eigenvalue weighted by atomic mass is 10.00. The molecule has 3 aliphatic heterocycles. The van der Waals surface area contributed by atoms with Gasteiger partial charge < -0.3 is 24.8 Å². The van der Waals surface area contributed by atoms with Crippen LogP contribution in [0.25, 0.3) is 0 Å². The predicted molar refractivity (Wildman–Crippen MR) is 100 cm³/mol. The molecule has 2 unspecified atom stereocenters. The van der Waals surface area contributed by atoms with E-state index < -0.39 is 80.2 Å². The number of fused-ring (bicyclic) bond motifs is 1. The maximum Gasteiger partial charge on any atom is 0.290 e. The van der Waals surface area contributed by atoms with Crippen molar-refractivity contribution in [2.24, 2.45) is 0 Å². The zero-order chi connectivity index (χ0) is 23.2. The molecule has 3 heterocycles. The molecule has 1 aromatic rings. The van der Waals surface area contributed by atoms with E-state index in [1.807, 2.05) is 0 Å². The third-order valence-electron chi connectivity index (χ3n) is 5.80. The summed E-state index contributed by atoms with van der Waals surface area (Å²) in [6.45, 7) is -1.40. The average Bonchev–Trinajstić information content (AvgIpc) is 3.04. The number of benzene rings is 1. The van der Waals surface area contributed by atoms with Gasteiger partial charge in [0.25, 0.3) is 23.5 Å². The highest BCUT2D eigenvalue weighted by molar-refractivity contribution is 6.23. The van der Waals surface area contributed by atoms with Crippen molar-refractivity contribution in [2.45, 2.75) is 49.7 Å². The lowest BCUT2D eigenvalue weighted by molar-refractivity contribution is -0.265. The summed E-state index contributed by atoms with van der Waals surface area (Å²) in [5.41, 5.74) is -0.0829. The fraction of sp³-hybridized carbons (Fsp3) is 0.500. The molecule has 12 heteroatoms. The number of ether oxygens (including phenoxy) is 2. The lowest BCUT2D eigenvalue weighted by Gasteiger charge is -2.40. The number of aliphatic hydroxyl groups is 3. The van der Waals surface area contributed by atoms with Crippen molar-refractivity contribution in [3.05, 3.63) is 35.4 Å². The first-order chi connectivity index (χ1) is 15.2. The van der Waals surface area contributed by atoms with Gasteiger partial charge in [0.2, 0.25) is 5.91 Å². The average molecular weight is 452 g/mol. The number of carbonyl (C=O) groups excluding carboxylic acids is 4. The number of imide groups is 2. The highest BCUT2D eigenvalue weighted by Gasteiger charge is 2.59. The van der Waals surface area contributed by atoms with E-state index in [4.69, 9.17) is 9.47 Å². The fourth-order valence-corrected chi connectivity index (χ4v) is 4.02. The molecule has 0 bridgehead atoms. The Kier molecular flexibility index (Phi) is 5.81. The van der Waals surface area contributed by atoms with Crippen molar-refractivity contribution in [1.29, 1.82) is 0 Å². The van der Waals surface area contributed by atoms with E-state index in [0.717, 1.165) is 0 Å². The van der Waals surface area contributed by atoms with Crippen LogP contribution in [0.4, 0.5) is 4.39 Å². The Bertz CT molecular complexity index is 937. The van der Waals surface area contributed by atoms with E-state index in [1.54, 1.807) is 0 Å². The number of rotatable bonds is 5. The molecule has 172 valence electrons. The van der Waals surface area contributed by atoms with Crippen LogP contribution in [0.2, 0.25) is 0 Å². The van der Waals surface area contributed by atoms with E-state index in [2.05, 4.69) is 0 Å². The van der Waals surface area contributed by atoms with Crippen molar-refractivity contribution >= 4 is 23.6 Å². The quantitative estimate of drug-likeness (QED) is 0.373. The molecule has 32 heavy (non-hydrogen) atoms. The van der Waals surface area contributed by atoms with Gasteiger partial charge in [-0.05, 0) is 12.1 Å². The van der Waals surface area contributed by atoms with Crippen molar-refractivity contribution in [1.82, 2.24) is 9.80 Å². The van der Waals surface area contributed by atoms with Crippen LogP contribution in [0.3, 0.4) is 0 Å². The largest absolute Gasteiger partial charge is 0.394 e. The van der Waals surface area contributed by atoms with Crippen LogP contribution < -0.4 is 0 Å². The number of carbonyl (C=O) groups is 4. The molecule has 5 atom stereocenters. The SMILES string of the molecule is O=C1CCC(F)(N2C(=O)c3ccccc3C2=O)C(=O)N1COC1C[C@@H](O)[C@H](O)[C@@H](CO)O1. The van der Waals surface area contributed by atoms with E-state index >= 15 is 4.39 Å². The first kappa shape index (κ1) is 22.4. The molecule has 0 saturated carbocycles. The molecule has 3 N–H and O–H groups in total. The van der Waals surface area contributed by atoms with Crippen molar-refractivity contribution in [3.8, 4) is 0 Å². The molecule has 0 aliphatic carbocycles. The second-order valence-corrected chi connectivity index (χ2v) is 7.75. The number of nitrogens with zero attached hydrogens (tertiary/aromatic N) is 2. The molecule has 2 fully saturated rings. The molecule has 4 amide bonds. The smallest absolute Gasteiger partial charge is 0.290 e. The molecule has 0 radical (unpaired) electrons. The third-order valence-corrected chi connectivity index (χ3v) is 5.80. The van der Waals surface area contributed by atoms with Gasteiger partial charge in [-0.25, -0.2) is 9.29 Å². The van der Waals surface area contributed by atoms with Crippen LogP contribution in [0.15, 0.2) is 24.3 Å². The minimum Gasteiger partial charge on any atom is -0.394 e. The molecule has 0 aromatic heterocycles. The first-order valence-electron chi connectivity index (χ1n) is 9.94. The number of halogens is 1. The van der Waals surface area contributed by atoms with Crippen LogP contribution in [-0.2, 0) is 19.1 Å². The Labute approximate surface area is 180 Å². The molecule has 1 aromatic carbocycles. The van der Waals surface area contributed by atoms with E-state index in [0.29, 0.717) is 4.90 Å². The van der Waals surface area contributed by atoms with Crippen LogP contribution in [0, 0.1) is 0 Å². The summed E-state index contributed by atoms with van der Waals surface area (Å²) in [7, 11) is 0. The first-order valence-corrected chi connectivity index (χ1v) is 9.94. The van der Waals surface area contributed by atoms with Crippen LogP contribution in [0.5, 0.6) is 0 Å². The number of alkyl halides is 1. The Balaban J connectivity index is 1.51. The van der Waals surface area contributed by atoms with Crippen molar-refractivity contribution in [2.75, 3.05) is 13.3 Å². The summed E-state index contributed by atoms with van der Waals surface area (Å²) in [5, 5.41) is 28.8. The van der Waals surface area contributed by atoms with Crippen molar-refractivity contribution < 1.29 is 48.4 Å². The van der Waals surface area contributed by atoms with Gasteiger partial charge in [0.15, 0.2) is 6.29 Å². The molecule has 0 spiro atoms. The number of hydrogen-bond acceptors (Lipinski definition) is 9. The van der Waals surface area contributed by atoms with Gasteiger partial charge in [0, 0.05) is 19.3 Å². The second kappa shape index (κ2) is 8.30. The summed E-state index contributed by atoms with van der Waals surface area (Å²) >= 11 is 0. The lowest BCUT2D eigenvalue weighted by Crippen LogP contribution is -2.63. The number of piperidine rings is 1. The maximum absolute atomic E-state index is 15.9. The number of hydrogen-bond donors (Lipinski definition) is 3. The van der Waals surface area contributed by atoms with Gasteiger partial charge in [-0.1, -0.05) is 12.1 Å². The highest BCUT2D eigenvalue weighted by Crippen LogP contribution is 2.37. The van der Waals surface area contributed by atoms with Gasteiger partial charge in [0.1, 0.15) is 18.9 Å². The Morgan fingerprint density at radius 2 is 1.75 bits per heavy atom. The Hall–Kier alpha value is -2.77. The standard InChI is InChI=1S/C20H21FN2O9/c21-20(23-17(28)10-3-1-2-4-11(10)18(23)29)6-5-14(26)22(19(20)30)9-31-15-7-12(25)16(27)13(8-24)32-15/h1-4,12-13,15-16,24-25,27H,5-9H2/t12-,13-,15?,16+,20?/m1/s1. The maximum atomic E-state index is 15.9. The highest BCUT2D eigenvalue weighted by atomic mass is 19.1. The fourth-order valence-electron chi connectivity index (χ4n) is 4.02. The monoisotopic (exact) mass is 452 g/mol. The van der Waals surface area contributed by atoms with E-state index in [9.17, 15) is 34.5 Å². The zero-order valence-electron chi connectivity index (χ0n) is 16.7. The molecule has 3 aliphatic rings. The molecule has 4 rings (SSSR count). The van der Waals surface area contributed by atoms with Crippen molar-refractivity contribution in [3.63, 3.8) is 0 Å². The molecule has 11 nitrogen and oxygen atoms in total. The van der Waals surface area contributed by atoms with Crippen LogP contribution in [0.1, 0.15) is 40.0 Å². The summed E-state index contributed by atoms with van der Waals surface area (Å²) in [6, 6.07) is 5.69. The second-order valence-electron chi connectivity index (χ2n) is 7.75. The third kappa shape index (κ3) is 3.49. The Morgan fingerprint density at radius 1 is 1.12 bits per heavy atom. The number of aliphatic hydroxyl groups excluding tert-OH is 3. The van der Waals surface area contributed by atoms with Gasteiger partial charge >= 0.3 is 0 Å². The van der Waals surface area contributed by atoms with Gasteiger partial charge in [-0.3, -0.25) is 24.1 Å². The molecular formula is C20H21FN2O9. The van der Waals surface area contributed by atoms with Crippen LogP contribution >= 0.6 is 0 Å². The van der Waals surface area contributed by atoms with Crippen LogP contribution in [-0.4, -0.2) is 92.5 Å². The van der Waals surface area contributed by atoms with Gasteiger partial charge in [0.05, 0.1) is 23.8 Å². The van der Waals surface area contributed by atoms with Gasteiger partial charge in [-0.15, -0.1) is 0 Å². The summed E-state index contributed by atoms with van der Waals surface area (Å²) in [5.74, 6) is -7.25. The topological polar surface area (TPSA) is 154 Å². The van der Waals surface area contributed by atoms with E-state index in [1.165, 1.54) is 24.3 Å². The Morgan fingerprint density at radius 3 is 2.34 bits per heavy atom. The summed E-state index contributed by atoms with van der Waals surface area (Å²) in [4.78, 5) is 51.2. The normalized spacial score (nSPS) is 33.1. The molecule has 2 saturated heterocycles. The van der Waals surface area contributed by atoms with E-state index in [-0.39, 0.29) is 22.4 Å². The number of likely N-dealkylation sites (tertiary alicyclic amines) is 1. The van der Waals surface area contributed by atoms with Gasteiger partial charge in [-0.2, -0.15) is 0 Å². The minimum absolute atomic E-state index is 0.0415. The molecular weight excluding hydrogens is 431 g/mol. The number of amides is 4. The summed E-state index contributed by atoms with van der Waals surface area (Å²) in [6.07, 6.45) is -6.40.